The van der Waals surface area contributed by atoms with Crippen LogP contribution in [0.5, 0.6) is 5.75 Å². The van der Waals surface area contributed by atoms with Gasteiger partial charge < -0.3 is 24.1 Å². The Bertz CT molecular complexity index is 1230. The van der Waals surface area contributed by atoms with E-state index in [-0.39, 0.29) is 11.3 Å². The zero-order chi connectivity index (χ0) is 25.7. The maximum absolute atomic E-state index is 13.1. The summed E-state index contributed by atoms with van der Waals surface area (Å²) in [5, 5.41) is 11.2. The van der Waals surface area contributed by atoms with Crippen LogP contribution in [0.1, 0.15) is 42.3 Å². The summed E-state index contributed by atoms with van der Waals surface area (Å²) in [6.45, 7) is 9.19. The van der Waals surface area contributed by atoms with E-state index < -0.39 is 17.7 Å². The molecule has 1 atom stereocenters. The summed E-state index contributed by atoms with van der Waals surface area (Å²) >= 11 is 0. The van der Waals surface area contributed by atoms with E-state index in [1.807, 2.05) is 25.1 Å². The van der Waals surface area contributed by atoms with Crippen molar-refractivity contribution in [1.82, 2.24) is 9.80 Å². The van der Waals surface area contributed by atoms with E-state index in [2.05, 4.69) is 24.8 Å². The Morgan fingerprint density at radius 1 is 1.06 bits per heavy atom. The number of furan rings is 1. The lowest BCUT2D eigenvalue weighted by molar-refractivity contribution is -0.140. The molecule has 4 rings (SSSR count). The molecule has 1 N–H and O–H groups in total. The third-order valence-electron chi connectivity index (χ3n) is 6.52. The molecule has 0 aliphatic carbocycles. The van der Waals surface area contributed by atoms with E-state index in [1.54, 1.807) is 36.4 Å². The summed E-state index contributed by atoms with van der Waals surface area (Å²) < 4.78 is 11.5. The molecule has 1 aromatic heterocycles. The van der Waals surface area contributed by atoms with Crippen molar-refractivity contribution in [2.24, 2.45) is 0 Å². The van der Waals surface area contributed by atoms with Crippen molar-refractivity contribution in [3.05, 3.63) is 95.0 Å². The molecule has 1 aliphatic rings. The average Bonchev–Trinajstić information content (AvgIpc) is 3.50. The van der Waals surface area contributed by atoms with E-state index in [0.29, 0.717) is 36.8 Å². The summed E-state index contributed by atoms with van der Waals surface area (Å²) in [5.41, 5.74) is 2.68. The minimum absolute atomic E-state index is 0.0305. The van der Waals surface area contributed by atoms with Crippen molar-refractivity contribution in [3.63, 3.8) is 0 Å². The second-order valence-electron chi connectivity index (χ2n) is 8.84. The topological polar surface area (TPSA) is 83.2 Å². The monoisotopic (exact) mass is 488 g/mol. The largest absolute Gasteiger partial charge is 0.507 e. The maximum atomic E-state index is 13.1. The summed E-state index contributed by atoms with van der Waals surface area (Å²) in [4.78, 5) is 29.7. The molecule has 7 heteroatoms. The first-order chi connectivity index (χ1) is 17.4. The molecule has 1 amide bonds. The van der Waals surface area contributed by atoms with E-state index >= 15 is 0 Å². The van der Waals surface area contributed by atoms with Crippen LogP contribution in [0.4, 0.5) is 0 Å². The lowest BCUT2D eigenvalue weighted by Crippen LogP contribution is -2.37. The van der Waals surface area contributed by atoms with Crippen molar-refractivity contribution >= 4 is 17.4 Å². The van der Waals surface area contributed by atoms with Crippen molar-refractivity contribution in [2.45, 2.75) is 33.4 Å². The van der Waals surface area contributed by atoms with Crippen LogP contribution in [-0.2, 0) is 16.2 Å². The molecule has 7 nitrogen and oxygen atoms in total. The Balaban J connectivity index is 1.59. The number of benzene rings is 2. The standard InChI is InChI=1S/C29H32N2O5/c1-4-30(5-2)15-16-31-26(24-10-7-17-35-24)25(28(33)29(31)34)27(32)22-11-13-23(14-12-22)36-19-21-9-6-8-20(3)18-21/h6-14,17-18,26,32H,4-5,15-16,19H2,1-3H3/b27-25-. The Kier molecular flexibility index (Phi) is 7.90. The molecule has 1 unspecified atom stereocenters. The lowest BCUT2D eigenvalue weighted by Gasteiger charge is -2.26. The summed E-state index contributed by atoms with van der Waals surface area (Å²) in [5.74, 6) is -0.509. The average molecular weight is 489 g/mol. The molecule has 1 fully saturated rings. The highest BCUT2D eigenvalue weighted by molar-refractivity contribution is 6.46. The number of aryl methyl sites for hydroxylation is 1. The van der Waals surface area contributed by atoms with Gasteiger partial charge in [-0.3, -0.25) is 9.59 Å². The van der Waals surface area contributed by atoms with Gasteiger partial charge in [0.05, 0.1) is 11.8 Å². The molecule has 1 aliphatic heterocycles. The van der Waals surface area contributed by atoms with E-state index in [0.717, 1.165) is 24.2 Å². The van der Waals surface area contributed by atoms with Crippen LogP contribution in [0.2, 0.25) is 0 Å². The van der Waals surface area contributed by atoms with Gasteiger partial charge in [0.25, 0.3) is 11.7 Å². The van der Waals surface area contributed by atoms with E-state index in [9.17, 15) is 14.7 Å². The summed E-state index contributed by atoms with van der Waals surface area (Å²) in [6.07, 6.45) is 1.50. The predicted octanol–water partition coefficient (Wildman–Crippen LogP) is 4.93. The Morgan fingerprint density at radius 2 is 1.81 bits per heavy atom. The maximum Gasteiger partial charge on any atom is 0.295 e. The molecule has 3 aromatic rings. The van der Waals surface area contributed by atoms with Crippen LogP contribution in [-0.4, -0.2) is 52.8 Å². The van der Waals surface area contributed by atoms with Crippen molar-refractivity contribution < 1.29 is 23.8 Å². The van der Waals surface area contributed by atoms with Gasteiger partial charge >= 0.3 is 0 Å². The molecule has 0 radical (unpaired) electrons. The summed E-state index contributed by atoms with van der Waals surface area (Å²) in [6, 6.07) is 17.6. The predicted molar refractivity (Wildman–Crippen MR) is 137 cm³/mol. The van der Waals surface area contributed by atoms with E-state index in [4.69, 9.17) is 9.15 Å². The van der Waals surface area contributed by atoms with Crippen molar-refractivity contribution in [3.8, 4) is 5.75 Å². The van der Waals surface area contributed by atoms with Crippen molar-refractivity contribution in [2.75, 3.05) is 26.2 Å². The number of ether oxygens (including phenoxy) is 1. The van der Waals surface area contributed by atoms with Crippen molar-refractivity contribution in [1.29, 1.82) is 0 Å². The normalized spacial score (nSPS) is 17.2. The van der Waals surface area contributed by atoms with Crippen LogP contribution in [0, 0.1) is 6.92 Å². The first kappa shape index (κ1) is 25.3. The number of Topliss-reactive ketones (excluding diaryl/α,β-unsaturated/α-hetero) is 1. The quantitative estimate of drug-likeness (QED) is 0.248. The van der Waals surface area contributed by atoms with Crippen LogP contribution in [0.3, 0.4) is 0 Å². The van der Waals surface area contributed by atoms with Crippen LogP contribution in [0.15, 0.2) is 76.9 Å². The highest BCUT2D eigenvalue weighted by atomic mass is 16.5. The van der Waals surface area contributed by atoms with Crippen LogP contribution in [0.25, 0.3) is 5.76 Å². The van der Waals surface area contributed by atoms with Gasteiger partial charge in [0, 0.05) is 18.7 Å². The van der Waals surface area contributed by atoms with Gasteiger partial charge in [-0.05, 0) is 62.0 Å². The fraction of sp³-hybridized carbons (Fsp3) is 0.310. The zero-order valence-corrected chi connectivity index (χ0v) is 20.9. The first-order valence-electron chi connectivity index (χ1n) is 12.3. The number of amides is 1. The number of carbonyl (C=O) groups is 2. The lowest BCUT2D eigenvalue weighted by atomic mass is 9.99. The second kappa shape index (κ2) is 11.3. The Hall–Kier alpha value is -3.84. The number of nitrogens with zero attached hydrogens (tertiary/aromatic N) is 2. The number of ketones is 1. The summed E-state index contributed by atoms with van der Waals surface area (Å²) in [7, 11) is 0. The van der Waals surface area contributed by atoms with Gasteiger partial charge in [0.2, 0.25) is 0 Å². The second-order valence-corrected chi connectivity index (χ2v) is 8.84. The van der Waals surface area contributed by atoms with Crippen LogP contribution >= 0.6 is 0 Å². The SMILES string of the molecule is CCN(CC)CCN1C(=O)C(=O)/C(=C(\O)c2ccc(OCc3cccc(C)c3)cc2)C1c1ccco1. The Morgan fingerprint density at radius 3 is 2.44 bits per heavy atom. The molecule has 0 spiro atoms. The third kappa shape index (κ3) is 5.36. The molecule has 1 saturated heterocycles. The molecular weight excluding hydrogens is 456 g/mol. The zero-order valence-electron chi connectivity index (χ0n) is 20.9. The molecule has 2 heterocycles. The highest BCUT2D eigenvalue weighted by Gasteiger charge is 2.47. The Labute approximate surface area is 211 Å². The first-order valence-corrected chi connectivity index (χ1v) is 12.3. The number of likely N-dealkylation sites (N-methyl/N-ethyl adjacent to an activating group) is 1. The molecule has 36 heavy (non-hydrogen) atoms. The van der Waals surface area contributed by atoms with Crippen LogP contribution < -0.4 is 4.74 Å². The number of hydrogen-bond acceptors (Lipinski definition) is 6. The molecule has 2 aromatic carbocycles. The molecule has 188 valence electrons. The van der Waals surface area contributed by atoms with Gasteiger partial charge in [0.15, 0.2) is 0 Å². The highest BCUT2D eigenvalue weighted by Crippen LogP contribution is 2.39. The minimum Gasteiger partial charge on any atom is -0.507 e. The van der Waals surface area contributed by atoms with Gasteiger partial charge in [-0.25, -0.2) is 0 Å². The van der Waals surface area contributed by atoms with Gasteiger partial charge in [-0.2, -0.15) is 0 Å². The number of aliphatic hydroxyl groups excluding tert-OH is 1. The van der Waals surface area contributed by atoms with Gasteiger partial charge in [-0.15, -0.1) is 0 Å². The number of rotatable bonds is 10. The molecule has 0 saturated carbocycles. The van der Waals surface area contributed by atoms with E-state index in [1.165, 1.54) is 11.2 Å². The van der Waals surface area contributed by atoms with Gasteiger partial charge in [-0.1, -0.05) is 43.7 Å². The fourth-order valence-corrected chi connectivity index (χ4v) is 4.48. The number of likely N-dealkylation sites (tertiary alicyclic amines) is 1. The molecular formula is C29H32N2O5. The number of aliphatic hydroxyl groups is 1. The van der Waals surface area contributed by atoms with Gasteiger partial charge in [0.1, 0.15) is 29.9 Å². The fourth-order valence-electron chi connectivity index (χ4n) is 4.48. The smallest absolute Gasteiger partial charge is 0.295 e. The molecule has 0 bridgehead atoms. The minimum atomic E-state index is -0.784. The number of hydrogen-bond donors (Lipinski definition) is 1. The third-order valence-corrected chi connectivity index (χ3v) is 6.52. The number of carbonyl (C=O) groups excluding carboxylic acids is 2.